The molecule has 0 fully saturated rings. The summed E-state index contributed by atoms with van der Waals surface area (Å²) in [7, 11) is 1.64. The summed E-state index contributed by atoms with van der Waals surface area (Å²) in [6, 6.07) is 8.37. The van der Waals surface area contributed by atoms with Crippen molar-refractivity contribution in [1.82, 2.24) is 0 Å². The predicted octanol–water partition coefficient (Wildman–Crippen LogP) is 4.36. The molecule has 3 atom stereocenters. The van der Waals surface area contributed by atoms with Gasteiger partial charge in [-0.1, -0.05) is 27.7 Å². The van der Waals surface area contributed by atoms with Crippen LogP contribution in [0.15, 0.2) is 24.3 Å². The van der Waals surface area contributed by atoms with Crippen LogP contribution in [-0.4, -0.2) is 47.9 Å². The second-order valence-electron chi connectivity index (χ2n) is 11.7. The first-order valence-electron chi connectivity index (χ1n) is 12.5. The van der Waals surface area contributed by atoms with Crippen molar-refractivity contribution in [2.24, 2.45) is 0 Å². The Labute approximate surface area is 208 Å². The molecular formula is C29H40O6. The SMILES string of the molecule is COc1cc2c(cc1OCC(C)O)C1(CC(C)(C)c3cc(CO)c(OCC(C)O)cc31)CC2(C)C. The molecule has 6 heteroatoms. The number of fused-ring (bicyclic) bond motifs is 4. The van der Waals surface area contributed by atoms with Crippen molar-refractivity contribution in [3.8, 4) is 17.2 Å². The molecule has 0 amide bonds. The molecule has 2 aromatic rings. The average Bonchev–Trinajstić information content (AvgIpc) is 3.13. The summed E-state index contributed by atoms with van der Waals surface area (Å²) in [6.45, 7) is 12.7. The largest absolute Gasteiger partial charge is 0.493 e. The van der Waals surface area contributed by atoms with Gasteiger partial charge in [-0.3, -0.25) is 0 Å². The lowest BCUT2D eigenvalue weighted by Gasteiger charge is -2.31. The molecule has 0 heterocycles. The van der Waals surface area contributed by atoms with E-state index in [4.69, 9.17) is 14.2 Å². The highest BCUT2D eigenvalue weighted by atomic mass is 16.5. The van der Waals surface area contributed by atoms with Gasteiger partial charge in [0.05, 0.1) is 25.9 Å². The molecule has 4 rings (SSSR count). The standard InChI is InChI=1S/C29H40O6/c1-17(31)13-34-24-10-22-20(8-19(24)12-30)27(3,4)15-29(22)16-28(5,6)21-9-25(33-7)26(11-23(21)29)35-14-18(2)32/h8-11,17-18,30-32H,12-16H2,1-7H3. The molecule has 0 saturated carbocycles. The van der Waals surface area contributed by atoms with E-state index in [0.717, 1.165) is 18.4 Å². The van der Waals surface area contributed by atoms with Gasteiger partial charge < -0.3 is 29.5 Å². The Morgan fingerprint density at radius 1 is 0.743 bits per heavy atom. The predicted molar refractivity (Wildman–Crippen MR) is 136 cm³/mol. The first kappa shape index (κ1) is 25.8. The maximum atomic E-state index is 10.1. The minimum atomic E-state index is -0.604. The zero-order valence-electron chi connectivity index (χ0n) is 22.1. The molecule has 1 spiro atoms. The molecule has 2 aliphatic rings. The molecule has 0 saturated heterocycles. The van der Waals surface area contributed by atoms with Gasteiger partial charge in [-0.25, -0.2) is 0 Å². The van der Waals surface area contributed by atoms with E-state index in [-0.39, 0.29) is 36.1 Å². The van der Waals surface area contributed by atoms with Crippen molar-refractivity contribution in [3.63, 3.8) is 0 Å². The molecule has 2 aliphatic carbocycles. The number of hydrogen-bond donors (Lipinski definition) is 3. The number of benzene rings is 2. The van der Waals surface area contributed by atoms with Crippen molar-refractivity contribution in [3.05, 3.63) is 52.1 Å². The van der Waals surface area contributed by atoms with Crippen LogP contribution in [-0.2, 0) is 22.9 Å². The first-order valence-corrected chi connectivity index (χ1v) is 12.5. The number of aliphatic hydroxyl groups excluding tert-OH is 3. The van der Waals surface area contributed by atoms with Crippen LogP contribution in [0.25, 0.3) is 0 Å². The molecular weight excluding hydrogens is 444 g/mol. The van der Waals surface area contributed by atoms with Crippen molar-refractivity contribution >= 4 is 0 Å². The summed E-state index contributed by atoms with van der Waals surface area (Å²) in [5.74, 6) is 1.92. The van der Waals surface area contributed by atoms with Crippen LogP contribution in [0.2, 0.25) is 0 Å². The quantitative estimate of drug-likeness (QED) is 0.516. The highest BCUT2D eigenvalue weighted by Gasteiger charge is 2.57. The molecule has 0 aliphatic heterocycles. The van der Waals surface area contributed by atoms with Crippen molar-refractivity contribution in [2.75, 3.05) is 20.3 Å². The van der Waals surface area contributed by atoms with Crippen molar-refractivity contribution in [2.45, 2.75) is 89.4 Å². The lowest BCUT2D eigenvalue weighted by Crippen LogP contribution is -2.27. The van der Waals surface area contributed by atoms with Gasteiger partial charge in [0.15, 0.2) is 11.5 Å². The van der Waals surface area contributed by atoms with E-state index in [1.54, 1.807) is 21.0 Å². The number of aliphatic hydroxyl groups is 3. The fourth-order valence-corrected chi connectivity index (χ4v) is 6.34. The van der Waals surface area contributed by atoms with E-state index in [1.807, 2.05) is 0 Å². The molecule has 2 aromatic carbocycles. The minimum Gasteiger partial charge on any atom is -0.493 e. The maximum Gasteiger partial charge on any atom is 0.161 e. The summed E-state index contributed by atoms with van der Waals surface area (Å²) >= 11 is 0. The van der Waals surface area contributed by atoms with Crippen LogP contribution in [0.1, 0.15) is 82.2 Å². The number of methoxy groups -OCH3 is 1. The van der Waals surface area contributed by atoms with E-state index < -0.39 is 12.2 Å². The lowest BCUT2D eigenvalue weighted by atomic mass is 9.72. The van der Waals surface area contributed by atoms with Crippen LogP contribution in [0.5, 0.6) is 17.2 Å². The van der Waals surface area contributed by atoms with Gasteiger partial charge in [0, 0.05) is 11.0 Å². The molecule has 3 N–H and O–H groups in total. The zero-order chi connectivity index (χ0) is 25.8. The van der Waals surface area contributed by atoms with Gasteiger partial charge in [-0.15, -0.1) is 0 Å². The van der Waals surface area contributed by atoms with E-state index in [1.165, 1.54) is 22.3 Å². The van der Waals surface area contributed by atoms with Crippen LogP contribution in [0.3, 0.4) is 0 Å². The Hall–Kier alpha value is -2.28. The third kappa shape index (κ3) is 4.41. The van der Waals surface area contributed by atoms with Gasteiger partial charge in [0.1, 0.15) is 19.0 Å². The van der Waals surface area contributed by atoms with Crippen LogP contribution in [0, 0.1) is 0 Å². The molecule has 35 heavy (non-hydrogen) atoms. The molecule has 192 valence electrons. The van der Waals surface area contributed by atoms with E-state index in [9.17, 15) is 15.3 Å². The highest BCUT2D eigenvalue weighted by Crippen LogP contribution is 2.64. The Bertz CT molecular complexity index is 1010. The first-order chi connectivity index (χ1) is 16.3. The van der Waals surface area contributed by atoms with Crippen LogP contribution in [0.4, 0.5) is 0 Å². The molecule has 0 bridgehead atoms. The topological polar surface area (TPSA) is 88.4 Å². The van der Waals surface area contributed by atoms with Crippen LogP contribution < -0.4 is 14.2 Å². The second kappa shape index (κ2) is 8.99. The smallest absolute Gasteiger partial charge is 0.161 e. The fourth-order valence-electron chi connectivity index (χ4n) is 6.34. The third-order valence-electron chi connectivity index (χ3n) is 7.61. The summed E-state index contributed by atoms with van der Waals surface area (Å²) in [5, 5.41) is 29.7. The Morgan fingerprint density at radius 3 is 1.69 bits per heavy atom. The highest BCUT2D eigenvalue weighted by molar-refractivity contribution is 5.65. The minimum absolute atomic E-state index is 0.0978. The molecule has 3 unspecified atom stereocenters. The van der Waals surface area contributed by atoms with E-state index in [0.29, 0.717) is 17.2 Å². The molecule has 0 aromatic heterocycles. The monoisotopic (exact) mass is 484 g/mol. The van der Waals surface area contributed by atoms with Gasteiger partial charge >= 0.3 is 0 Å². The normalized spacial score (nSPS) is 23.0. The van der Waals surface area contributed by atoms with Gasteiger partial charge in [0.2, 0.25) is 0 Å². The third-order valence-corrected chi connectivity index (χ3v) is 7.61. The lowest BCUT2D eigenvalue weighted by molar-refractivity contribution is 0.120. The van der Waals surface area contributed by atoms with Crippen molar-refractivity contribution < 1.29 is 29.5 Å². The Morgan fingerprint density at radius 2 is 1.20 bits per heavy atom. The second-order valence-corrected chi connectivity index (χ2v) is 11.7. The van der Waals surface area contributed by atoms with E-state index in [2.05, 4.69) is 52.0 Å². The van der Waals surface area contributed by atoms with E-state index >= 15 is 0 Å². The summed E-state index contributed by atoms with van der Waals surface area (Å²) in [4.78, 5) is 0. The summed E-state index contributed by atoms with van der Waals surface area (Å²) < 4.78 is 17.6. The molecule has 6 nitrogen and oxygen atoms in total. The maximum absolute atomic E-state index is 10.1. The Kier molecular flexibility index (Phi) is 6.62. The van der Waals surface area contributed by atoms with Gasteiger partial charge in [-0.05, 0) is 84.0 Å². The number of ether oxygens (including phenoxy) is 3. The summed E-state index contributed by atoms with van der Waals surface area (Å²) in [6.07, 6.45) is 0.643. The fraction of sp³-hybridized carbons (Fsp3) is 0.586. The van der Waals surface area contributed by atoms with Gasteiger partial charge in [0.25, 0.3) is 0 Å². The zero-order valence-corrected chi connectivity index (χ0v) is 22.1. The number of hydrogen-bond acceptors (Lipinski definition) is 6. The number of rotatable bonds is 8. The van der Waals surface area contributed by atoms with Crippen LogP contribution >= 0.6 is 0 Å². The summed E-state index contributed by atoms with van der Waals surface area (Å²) in [5.41, 5.74) is 5.15. The average molecular weight is 485 g/mol. The Balaban J connectivity index is 1.93. The molecule has 0 radical (unpaired) electrons. The van der Waals surface area contributed by atoms with Crippen molar-refractivity contribution in [1.29, 1.82) is 0 Å². The van der Waals surface area contributed by atoms with Gasteiger partial charge in [-0.2, -0.15) is 0 Å².